The lowest BCUT2D eigenvalue weighted by molar-refractivity contribution is -0.116. The molecule has 0 spiro atoms. The van der Waals surface area contributed by atoms with Gasteiger partial charge in [0, 0.05) is 21.8 Å². The zero-order valence-electron chi connectivity index (χ0n) is 15.1. The highest BCUT2D eigenvalue weighted by atomic mass is 35.5. The molecular weight excluding hydrogens is 411 g/mol. The van der Waals surface area contributed by atoms with Gasteiger partial charge >= 0.3 is 0 Å². The Hall–Kier alpha value is -1.96. The minimum atomic E-state index is -3.77. The lowest BCUT2D eigenvalue weighted by Gasteiger charge is -2.28. The average Bonchev–Trinajstić information content (AvgIpc) is 2.53. The van der Waals surface area contributed by atoms with E-state index in [1.807, 2.05) is 6.92 Å². The third-order valence-corrected chi connectivity index (χ3v) is 5.28. The second-order valence-electron chi connectivity index (χ2n) is 5.81. The fraction of sp³-hybridized carbons (Fsp3) is 0.278. The molecule has 2 aromatic rings. The number of ether oxygens (including phenoxy) is 1. The van der Waals surface area contributed by atoms with Crippen molar-refractivity contribution in [2.24, 2.45) is 0 Å². The van der Waals surface area contributed by atoms with Crippen molar-refractivity contribution < 1.29 is 17.9 Å². The summed E-state index contributed by atoms with van der Waals surface area (Å²) < 4.78 is 31.0. The van der Waals surface area contributed by atoms with Gasteiger partial charge in [-0.25, -0.2) is 8.42 Å². The van der Waals surface area contributed by atoms with Gasteiger partial charge in [0.1, 0.15) is 11.8 Å². The average molecular weight is 431 g/mol. The number of sulfonamides is 1. The SMILES string of the molecule is CCOc1cccc(NC(=O)[C@H](C)N(c2cc(Cl)cc(Cl)c2)S(C)(=O)=O)c1. The van der Waals surface area contributed by atoms with Crippen LogP contribution < -0.4 is 14.4 Å². The third kappa shape index (κ3) is 5.76. The number of nitrogens with zero attached hydrogens (tertiary/aromatic N) is 1. The summed E-state index contributed by atoms with van der Waals surface area (Å²) in [6.45, 7) is 3.83. The lowest BCUT2D eigenvalue weighted by atomic mass is 10.2. The summed E-state index contributed by atoms with van der Waals surface area (Å²) in [7, 11) is -3.77. The predicted octanol–water partition coefficient (Wildman–Crippen LogP) is 4.19. The van der Waals surface area contributed by atoms with Crippen LogP contribution in [0.1, 0.15) is 13.8 Å². The van der Waals surface area contributed by atoms with Gasteiger partial charge in [-0.05, 0) is 44.2 Å². The monoisotopic (exact) mass is 430 g/mol. The van der Waals surface area contributed by atoms with Crippen LogP contribution in [0.2, 0.25) is 10.0 Å². The van der Waals surface area contributed by atoms with E-state index in [0.717, 1.165) is 10.6 Å². The first kappa shape index (κ1) is 21.3. The molecule has 0 aliphatic carbocycles. The number of rotatable bonds is 7. The van der Waals surface area contributed by atoms with Crippen molar-refractivity contribution in [3.8, 4) is 5.75 Å². The summed E-state index contributed by atoms with van der Waals surface area (Å²) >= 11 is 12.0. The molecule has 1 atom stereocenters. The maximum atomic E-state index is 12.7. The number of carbonyl (C=O) groups excluding carboxylic acids is 1. The van der Waals surface area contributed by atoms with Gasteiger partial charge in [-0.3, -0.25) is 9.10 Å². The van der Waals surface area contributed by atoms with Crippen LogP contribution in [0.5, 0.6) is 5.75 Å². The Labute approximate surface area is 169 Å². The summed E-state index contributed by atoms with van der Waals surface area (Å²) in [4.78, 5) is 12.7. The van der Waals surface area contributed by atoms with Crippen molar-refractivity contribution in [1.29, 1.82) is 0 Å². The Morgan fingerprint density at radius 2 is 1.81 bits per heavy atom. The topological polar surface area (TPSA) is 75.7 Å². The molecule has 6 nitrogen and oxygen atoms in total. The van der Waals surface area contributed by atoms with Crippen molar-refractivity contribution in [3.05, 3.63) is 52.5 Å². The summed E-state index contributed by atoms with van der Waals surface area (Å²) in [5, 5.41) is 3.23. The van der Waals surface area contributed by atoms with E-state index in [1.54, 1.807) is 24.3 Å². The van der Waals surface area contributed by atoms with Crippen LogP contribution in [0.15, 0.2) is 42.5 Å². The Bertz CT molecular complexity index is 914. The van der Waals surface area contributed by atoms with Crippen LogP contribution in [0.25, 0.3) is 0 Å². The number of anilines is 2. The molecule has 0 aliphatic heterocycles. The maximum absolute atomic E-state index is 12.7. The van der Waals surface area contributed by atoms with E-state index in [-0.39, 0.29) is 15.7 Å². The smallest absolute Gasteiger partial charge is 0.247 e. The largest absolute Gasteiger partial charge is 0.494 e. The van der Waals surface area contributed by atoms with E-state index in [1.165, 1.54) is 25.1 Å². The Morgan fingerprint density at radius 1 is 1.19 bits per heavy atom. The van der Waals surface area contributed by atoms with Gasteiger partial charge in [-0.1, -0.05) is 29.3 Å². The van der Waals surface area contributed by atoms with Crippen LogP contribution in [0.4, 0.5) is 11.4 Å². The van der Waals surface area contributed by atoms with Crippen LogP contribution in [-0.4, -0.2) is 33.2 Å². The van der Waals surface area contributed by atoms with E-state index >= 15 is 0 Å². The molecule has 9 heteroatoms. The predicted molar refractivity (Wildman–Crippen MR) is 109 cm³/mol. The molecule has 0 fully saturated rings. The molecule has 0 aromatic heterocycles. The van der Waals surface area contributed by atoms with Gasteiger partial charge < -0.3 is 10.1 Å². The normalized spacial score (nSPS) is 12.3. The highest BCUT2D eigenvalue weighted by Crippen LogP contribution is 2.29. The van der Waals surface area contributed by atoms with Crippen LogP contribution in [0, 0.1) is 0 Å². The zero-order chi connectivity index (χ0) is 20.2. The fourth-order valence-electron chi connectivity index (χ4n) is 2.55. The van der Waals surface area contributed by atoms with Crippen molar-refractivity contribution >= 4 is 50.5 Å². The van der Waals surface area contributed by atoms with Crippen LogP contribution in [-0.2, 0) is 14.8 Å². The molecule has 27 heavy (non-hydrogen) atoms. The molecule has 0 bridgehead atoms. The molecule has 2 rings (SSSR count). The van der Waals surface area contributed by atoms with E-state index in [2.05, 4.69) is 5.32 Å². The summed E-state index contributed by atoms with van der Waals surface area (Å²) in [6.07, 6.45) is 1.02. The third-order valence-electron chi connectivity index (χ3n) is 3.60. The van der Waals surface area contributed by atoms with Crippen molar-refractivity contribution in [2.75, 3.05) is 22.5 Å². The first-order valence-corrected chi connectivity index (χ1v) is 10.7. The van der Waals surface area contributed by atoms with Crippen molar-refractivity contribution in [2.45, 2.75) is 19.9 Å². The molecule has 0 saturated heterocycles. The molecule has 0 aliphatic rings. The molecule has 1 amide bonds. The Kier molecular flexibility index (Phi) is 6.97. The zero-order valence-corrected chi connectivity index (χ0v) is 17.4. The Balaban J connectivity index is 2.31. The second-order valence-corrected chi connectivity index (χ2v) is 8.54. The first-order chi connectivity index (χ1) is 12.6. The molecule has 0 heterocycles. The van der Waals surface area contributed by atoms with E-state index < -0.39 is 22.0 Å². The van der Waals surface area contributed by atoms with E-state index in [0.29, 0.717) is 18.0 Å². The van der Waals surface area contributed by atoms with Gasteiger partial charge in [0.25, 0.3) is 0 Å². The summed E-state index contributed by atoms with van der Waals surface area (Å²) in [6, 6.07) is 10.2. The second kappa shape index (κ2) is 8.82. The van der Waals surface area contributed by atoms with Gasteiger partial charge in [-0.2, -0.15) is 0 Å². The summed E-state index contributed by atoms with van der Waals surface area (Å²) in [5.41, 5.74) is 0.705. The summed E-state index contributed by atoms with van der Waals surface area (Å²) in [5.74, 6) is 0.0923. The number of hydrogen-bond acceptors (Lipinski definition) is 4. The van der Waals surface area contributed by atoms with Crippen molar-refractivity contribution in [1.82, 2.24) is 0 Å². The van der Waals surface area contributed by atoms with E-state index in [4.69, 9.17) is 27.9 Å². The van der Waals surface area contributed by atoms with Crippen LogP contribution >= 0.6 is 23.2 Å². The molecule has 0 radical (unpaired) electrons. The Morgan fingerprint density at radius 3 is 2.37 bits per heavy atom. The minimum absolute atomic E-state index is 0.209. The van der Waals surface area contributed by atoms with Gasteiger partial charge in [0.2, 0.25) is 15.9 Å². The van der Waals surface area contributed by atoms with Gasteiger partial charge in [0.05, 0.1) is 18.6 Å². The molecule has 146 valence electrons. The number of benzene rings is 2. The molecule has 1 N–H and O–H groups in total. The highest BCUT2D eigenvalue weighted by molar-refractivity contribution is 7.92. The van der Waals surface area contributed by atoms with E-state index in [9.17, 15) is 13.2 Å². The highest BCUT2D eigenvalue weighted by Gasteiger charge is 2.29. The van der Waals surface area contributed by atoms with Crippen LogP contribution in [0.3, 0.4) is 0 Å². The molecule has 0 saturated carbocycles. The number of nitrogens with one attached hydrogen (secondary N) is 1. The minimum Gasteiger partial charge on any atom is -0.494 e. The van der Waals surface area contributed by atoms with Crippen molar-refractivity contribution in [3.63, 3.8) is 0 Å². The quantitative estimate of drug-likeness (QED) is 0.714. The van der Waals surface area contributed by atoms with Gasteiger partial charge in [0.15, 0.2) is 0 Å². The number of amides is 1. The molecule has 0 unspecified atom stereocenters. The molecular formula is C18H20Cl2N2O4S. The maximum Gasteiger partial charge on any atom is 0.247 e. The number of halogens is 2. The fourth-order valence-corrected chi connectivity index (χ4v) is 4.23. The lowest BCUT2D eigenvalue weighted by Crippen LogP contribution is -2.45. The molecule has 2 aromatic carbocycles. The van der Waals surface area contributed by atoms with Gasteiger partial charge in [-0.15, -0.1) is 0 Å². The first-order valence-electron chi connectivity index (χ1n) is 8.11. The number of hydrogen-bond donors (Lipinski definition) is 1. The standard InChI is InChI=1S/C18H20Cl2N2O4S/c1-4-26-17-7-5-6-15(11-17)21-18(23)12(2)22(27(3,24)25)16-9-13(19)8-14(20)10-16/h5-12H,4H2,1-3H3,(H,21,23)/t12-/m0/s1. The number of carbonyl (C=O) groups is 1.